The molecule has 4 rings (SSSR count). The first-order chi connectivity index (χ1) is 12.6. The summed E-state index contributed by atoms with van der Waals surface area (Å²) in [5.74, 6) is 0.458. The maximum absolute atomic E-state index is 12.4. The minimum atomic E-state index is -0.152. The Morgan fingerprint density at radius 2 is 2.12 bits per heavy atom. The molecule has 26 heavy (non-hydrogen) atoms. The number of fused-ring (bicyclic) bond motifs is 1. The first-order valence-electron chi connectivity index (χ1n) is 8.12. The van der Waals surface area contributed by atoms with Crippen molar-refractivity contribution in [3.05, 3.63) is 70.7 Å². The fourth-order valence-electron chi connectivity index (χ4n) is 2.78. The van der Waals surface area contributed by atoms with Gasteiger partial charge in [0.25, 0.3) is 5.91 Å². The topological polar surface area (TPSA) is 55.6 Å². The zero-order valence-corrected chi connectivity index (χ0v) is 15.2. The molecule has 0 radical (unpaired) electrons. The fourth-order valence-corrected chi connectivity index (χ4v) is 3.40. The van der Waals surface area contributed by atoms with Gasteiger partial charge in [0, 0.05) is 18.0 Å². The van der Waals surface area contributed by atoms with Crippen LogP contribution in [-0.4, -0.2) is 22.4 Å². The Hall–Kier alpha value is -3.12. The first-order valence-corrected chi connectivity index (χ1v) is 9.00. The molecule has 0 saturated heterocycles. The van der Waals surface area contributed by atoms with Crippen LogP contribution in [0.4, 0.5) is 5.69 Å². The summed E-state index contributed by atoms with van der Waals surface area (Å²) in [5, 5.41) is 4.80. The number of rotatable bonds is 4. The Balaban J connectivity index is 1.71. The van der Waals surface area contributed by atoms with Gasteiger partial charge in [-0.15, -0.1) is 11.3 Å². The fraction of sp³-hybridized carbons (Fsp3) is 0.100. The van der Waals surface area contributed by atoms with Crippen LogP contribution in [0.25, 0.3) is 16.9 Å². The van der Waals surface area contributed by atoms with Gasteiger partial charge in [0.15, 0.2) is 0 Å². The number of aromatic nitrogens is 2. The number of carbonyl (C=O) groups is 1. The van der Waals surface area contributed by atoms with Crippen molar-refractivity contribution < 1.29 is 9.53 Å². The molecule has 4 aromatic rings. The summed E-state index contributed by atoms with van der Waals surface area (Å²) in [7, 11) is 1.59. The Morgan fingerprint density at radius 3 is 2.88 bits per heavy atom. The van der Waals surface area contributed by atoms with E-state index in [-0.39, 0.29) is 5.91 Å². The summed E-state index contributed by atoms with van der Waals surface area (Å²) in [5.41, 5.74) is 4.42. The predicted molar refractivity (Wildman–Crippen MR) is 104 cm³/mol. The van der Waals surface area contributed by atoms with Gasteiger partial charge in [0.05, 0.1) is 23.4 Å². The largest absolute Gasteiger partial charge is 0.495 e. The summed E-state index contributed by atoms with van der Waals surface area (Å²) in [6, 6.07) is 13.4. The van der Waals surface area contributed by atoms with Crippen molar-refractivity contribution in [3.63, 3.8) is 0 Å². The molecule has 0 aliphatic rings. The molecule has 0 unspecified atom stereocenters. The van der Waals surface area contributed by atoms with Crippen molar-refractivity contribution in [2.75, 3.05) is 12.4 Å². The molecule has 3 aromatic heterocycles. The average Bonchev–Trinajstić information content (AvgIpc) is 3.31. The van der Waals surface area contributed by atoms with Crippen LogP contribution in [-0.2, 0) is 0 Å². The van der Waals surface area contributed by atoms with Crippen molar-refractivity contribution >= 4 is 28.6 Å². The van der Waals surface area contributed by atoms with Gasteiger partial charge in [-0.2, -0.15) is 0 Å². The van der Waals surface area contributed by atoms with Crippen molar-refractivity contribution in [1.29, 1.82) is 0 Å². The molecular formula is C20H17N3O2S. The molecule has 0 aliphatic heterocycles. The quantitative estimate of drug-likeness (QED) is 0.575. The van der Waals surface area contributed by atoms with E-state index in [1.807, 2.05) is 65.5 Å². The molecule has 3 heterocycles. The molecule has 6 heteroatoms. The van der Waals surface area contributed by atoms with Crippen molar-refractivity contribution in [1.82, 2.24) is 9.38 Å². The molecule has 1 amide bonds. The van der Waals surface area contributed by atoms with E-state index in [4.69, 9.17) is 4.74 Å². The highest BCUT2D eigenvalue weighted by Crippen LogP contribution is 2.31. The van der Waals surface area contributed by atoms with E-state index in [1.54, 1.807) is 13.2 Å². The van der Waals surface area contributed by atoms with Gasteiger partial charge in [0.2, 0.25) is 0 Å². The van der Waals surface area contributed by atoms with Gasteiger partial charge in [-0.25, -0.2) is 4.98 Å². The number of benzene rings is 1. The molecule has 0 aliphatic carbocycles. The number of methoxy groups -OCH3 is 1. The van der Waals surface area contributed by atoms with Crippen LogP contribution < -0.4 is 10.1 Å². The number of hydrogen-bond acceptors (Lipinski definition) is 4. The number of pyridine rings is 1. The molecule has 0 fully saturated rings. The van der Waals surface area contributed by atoms with Crippen LogP contribution in [0.3, 0.4) is 0 Å². The number of ether oxygens (including phenoxy) is 1. The molecule has 0 bridgehead atoms. The Kier molecular flexibility index (Phi) is 4.18. The molecule has 130 valence electrons. The Morgan fingerprint density at radius 1 is 1.23 bits per heavy atom. The smallest absolute Gasteiger partial charge is 0.265 e. The number of carbonyl (C=O) groups excluding carboxylic acids is 1. The highest BCUT2D eigenvalue weighted by Gasteiger charge is 2.13. The number of amides is 1. The number of nitrogens with zero attached hydrogens (tertiary/aromatic N) is 2. The lowest BCUT2D eigenvalue weighted by Gasteiger charge is -2.11. The van der Waals surface area contributed by atoms with Gasteiger partial charge in [0.1, 0.15) is 11.4 Å². The van der Waals surface area contributed by atoms with Crippen LogP contribution in [0.15, 0.2) is 60.2 Å². The maximum atomic E-state index is 12.4. The van der Waals surface area contributed by atoms with Gasteiger partial charge in [-0.3, -0.25) is 4.79 Å². The molecule has 1 aromatic carbocycles. The minimum Gasteiger partial charge on any atom is -0.495 e. The average molecular weight is 363 g/mol. The number of imidazole rings is 1. The first kappa shape index (κ1) is 16.4. The number of thiophene rings is 1. The number of hydrogen-bond donors (Lipinski definition) is 1. The van der Waals surface area contributed by atoms with Gasteiger partial charge in [-0.1, -0.05) is 6.07 Å². The van der Waals surface area contributed by atoms with E-state index in [0.717, 1.165) is 22.5 Å². The van der Waals surface area contributed by atoms with Crippen molar-refractivity contribution in [3.8, 4) is 17.0 Å². The van der Waals surface area contributed by atoms with E-state index >= 15 is 0 Å². The summed E-state index contributed by atoms with van der Waals surface area (Å²) in [4.78, 5) is 17.7. The summed E-state index contributed by atoms with van der Waals surface area (Å²) < 4.78 is 7.37. The van der Waals surface area contributed by atoms with E-state index in [0.29, 0.717) is 16.3 Å². The molecule has 5 nitrogen and oxygen atoms in total. The Labute approximate surface area is 154 Å². The second kappa shape index (κ2) is 6.65. The normalized spacial score (nSPS) is 10.8. The lowest BCUT2D eigenvalue weighted by molar-refractivity contribution is 0.103. The standard InChI is InChI=1S/C20H17N3O2S/c1-13-7-8-23-12-16(21-19(23)10-13)14-5-6-17(25-2)15(11-14)22-20(24)18-4-3-9-26-18/h3-12H,1-2H3,(H,22,24). The Bertz CT molecular complexity index is 1080. The minimum absolute atomic E-state index is 0.152. The van der Waals surface area contributed by atoms with Gasteiger partial charge < -0.3 is 14.5 Å². The number of nitrogens with one attached hydrogen (secondary N) is 1. The van der Waals surface area contributed by atoms with E-state index in [9.17, 15) is 4.79 Å². The maximum Gasteiger partial charge on any atom is 0.265 e. The molecule has 0 saturated carbocycles. The third kappa shape index (κ3) is 3.07. The number of aryl methyl sites for hydroxylation is 1. The van der Waals surface area contributed by atoms with E-state index < -0.39 is 0 Å². The summed E-state index contributed by atoms with van der Waals surface area (Å²) in [6.07, 6.45) is 3.96. The van der Waals surface area contributed by atoms with Crippen molar-refractivity contribution in [2.45, 2.75) is 6.92 Å². The van der Waals surface area contributed by atoms with Crippen LogP contribution in [0, 0.1) is 6.92 Å². The zero-order chi connectivity index (χ0) is 18.1. The third-order valence-electron chi connectivity index (χ3n) is 4.10. The SMILES string of the molecule is COc1ccc(-c2cn3ccc(C)cc3n2)cc1NC(=O)c1cccs1. The highest BCUT2D eigenvalue weighted by molar-refractivity contribution is 7.12. The van der Waals surface area contributed by atoms with Crippen molar-refractivity contribution in [2.24, 2.45) is 0 Å². The lowest BCUT2D eigenvalue weighted by atomic mass is 10.1. The summed E-state index contributed by atoms with van der Waals surface area (Å²) in [6.45, 7) is 2.04. The van der Waals surface area contributed by atoms with Crippen LogP contribution in [0.2, 0.25) is 0 Å². The van der Waals surface area contributed by atoms with E-state index in [2.05, 4.69) is 10.3 Å². The van der Waals surface area contributed by atoms with E-state index in [1.165, 1.54) is 11.3 Å². The molecular weight excluding hydrogens is 346 g/mol. The lowest BCUT2D eigenvalue weighted by Crippen LogP contribution is -2.11. The highest BCUT2D eigenvalue weighted by atomic mass is 32.1. The monoisotopic (exact) mass is 363 g/mol. The predicted octanol–water partition coefficient (Wildman–Crippen LogP) is 4.63. The zero-order valence-electron chi connectivity index (χ0n) is 14.4. The second-order valence-electron chi connectivity index (χ2n) is 5.94. The van der Waals surface area contributed by atoms with Gasteiger partial charge >= 0.3 is 0 Å². The second-order valence-corrected chi connectivity index (χ2v) is 6.89. The molecule has 0 atom stereocenters. The summed E-state index contributed by atoms with van der Waals surface area (Å²) >= 11 is 1.40. The van der Waals surface area contributed by atoms with Gasteiger partial charge in [-0.05, 0) is 54.3 Å². The molecule has 0 spiro atoms. The number of anilines is 1. The third-order valence-corrected chi connectivity index (χ3v) is 4.97. The van der Waals surface area contributed by atoms with Crippen LogP contribution >= 0.6 is 11.3 Å². The van der Waals surface area contributed by atoms with Crippen LogP contribution in [0.1, 0.15) is 15.2 Å². The molecule has 1 N–H and O–H groups in total. The van der Waals surface area contributed by atoms with Crippen LogP contribution in [0.5, 0.6) is 5.75 Å².